The molecule has 0 aromatic heterocycles. The van der Waals surface area contributed by atoms with Gasteiger partial charge in [0.2, 0.25) is 0 Å². The van der Waals surface area contributed by atoms with Crippen molar-refractivity contribution >= 4 is 16.9 Å². The maximum atomic E-state index is 4.92. The first-order valence-corrected chi connectivity index (χ1v) is 9.49. The highest BCUT2D eigenvalue weighted by Crippen LogP contribution is 2.42. The van der Waals surface area contributed by atoms with Crippen LogP contribution in [0.1, 0.15) is 71.6 Å². The lowest BCUT2D eigenvalue weighted by molar-refractivity contribution is 0.210. The van der Waals surface area contributed by atoms with Crippen molar-refractivity contribution in [1.82, 2.24) is 5.32 Å². The largest absolute Gasteiger partial charge is 0.362 e. The van der Waals surface area contributed by atoms with Gasteiger partial charge in [0.15, 0.2) is 5.17 Å². The van der Waals surface area contributed by atoms with Crippen molar-refractivity contribution in [3.05, 3.63) is 0 Å². The molecule has 3 aliphatic rings. The molecule has 3 heteroatoms. The summed E-state index contributed by atoms with van der Waals surface area (Å²) in [4.78, 5) is 4.92. The summed E-state index contributed by atoms with van der Waals surface area (Å²) in [6.07, 6.45) is 12.5. The Morgan fingerprint density at radius 1 is 1.10 bits per heavy atom. The average molecular weight is 295 g/mol. The van der Waals surface area contributed by atoms with Crippen molar-refractivity contribution in [1.29, 1.82) is 0 Å². The smallest absolute Gasteiger partial charge is 0.156 e. The molecule has 114 valence electrons. The van der Waals surface area contributed by atoms with Crippen LogP contribution in [0, 0.1) is 10.8 Å². The fourth-order valence-corrected chi connectivity index (χ4v) is 5.47. The first-order chi connectivity index (χ1) is 9.57. The van der Waals surface area contributed by atoms with E-state index in [4.69, 9.17) is 4.99 Å². The summed E-state index contributed by atoms with van der Waals surface area (Å²) in [5, 5.41) is 4.99. The Morgan fingerprint density at radius 3 is 2.55 bits per heavy atom. The van der Waals surface area contributed by atoms with Gasteiger partial charge < -0.3 is 5.32 Å². The van der Waals surface area contributed by atoms with E-state index in [0.29, 0.717) is 16.9 Å². The van der Waals surface area contributed by atoms with Gasteiger partial charge in [-0.3, -0.25) is 4.99 Å². The molecule has 1 N–H and O–H groups in total. The molecule has 3 rings (SSSR count). The topological polar surface area (TPSA) is 24.4 Å². The standard InChI is InChI=1S/C17H30N2S/c1-16(2)8-6-7-14(11-16)19-15-18-12-17(13-20-15)9-4-3-5-10-17/h14H,3-13H2,1-2H3,(H,18,19). The van der Waals surface area contributed by atoms with Crippen molar-refractivity contribution in [3.63, 3.8) is 0 Å². The molecule has 2 saturated carbocycles. The van der Waals surface area contributed by atoms with E-state index in [1.54, 1.807) is 0 Å². The molecular weight excluding hydrogens is 264 g/mol. The Labute approximate surface area is 128 Å². The van der Waals surface area contributed by atoms with Gasteiger partial charge in [0.25, 0.3) is 0 Å². The Kier molecular flexibility index (Phi) is 4.35. The Hall–Kier alpha value is -0.180. The third kappa shape index (κ3) is 3.52. The molecule has 0 aromatic carbocycles. The van der Waals surface area contributed by atoms with Crippen molar-refractivity contribution in [2.24, 2.45) is 15.8 Å². The molecule has 1 spiro atoms. The second-order valence-corrected chi connectivity index (χ2v) is 9.04. The SMILES string of the molecule is CC1(C)CCCC(NC2=NCC3(CCCCC3)CS2)C1. The minimum Gasteiger partial charge on any atom is -0.362 e. The third-order valence-electron chi connectivity index (χ3n) is 5.52. The monoisotopic (exact) mass is 294 g/mol. The van der Waals surface area contributed by atoms with Gasteiger partial charge in [-0.2, -0.15) is 0 Å². The summed E-state index contributed by atoms with van der Waals surface area (Å²) in [6.45, 7) is 5.90. The molecule has 20 heavy (non-hydrogen) atoms. The van der Waals surface area contributed by atoms with Gasteiger partial charge in [-0.1, -0.05) is 51.3 Å². The molecule has 2 aliphatic carbocycles. The number of hydrogen-bond acceptors (Lipinski definition) is 3. The van der Waals surface area contributed by atoms with Gasteiger partial charge in [0.05, 0.1) is 0 Å². The quantitative estimate of drug-likeness (QED) is 0.764. The predicted molar refractivity (Wildman–Crippen MR) is 89.5 cm³/mol. The van der Waals surface area contributed by atoms with Crippen molar-refractivity contribution < 1.29 is 0 Å². The van der Waals surface area contributed by atoms with Crippen LogP contribution in [0.2, 0.25) is 0 Å². The third-order valence-corrected chi connectivity index (χ3v) is 6.80. The molecule has 0 bridgehead atoms. The highest BCUT2D eigenvalue weighted by molar-refractivity contribution is 8.13. The highest BCUT2D eigenvalue weighted by atomic mass is 32.2. The molecule has 2 fully saturated rings. The average Bonchev–Trinajstić information content (AvgIpc) is 2.42. The summed E-state index contributed by atoms with van der Waals surface area (Å²) < 4.78 is 0. The summed E-state index contributed by atoms with van der Waals surface area (Å²) in [5.74, 6) is 1.30. The van der Waals surface area contributed by atoms with E-state index in [-0.39, 0.29) is 0 Å². The summed E-state index contributed by atoms with van der Waals surface area (Å²) in [6, 6.07) is 0.658. The molecule has 2 nitrogen and oxygen atoms in total. The van der Waals surface area contributed by atoms with E-state index in [9.17, 15) is 0 Å². The van der Waals surface area contributed by atoms with Crippen LogP contribution in [0.3, 0.4) is 0 Å². The zero-order valence-corrected chi connectivity index (χ0v) is 14.0. The fraction of sp³-hybridized carbons (Fsp3) is 0.941. The van der Waals surface area contributed by atoms with E-state index in [0.717, 1.165) is 6.54 Å². The molecule has 0 saturated heterocycles. The van der Waals surface area contributed by atoms with Crippen LogP contribution in [0.25, 0.3) is 0 Å². The Bertz CT molecular complexity index is 369. The zero-order chi connectivity index (χ0) is 14.1. The zero-order valence-electron chi connectivity index (χ0n) is 13.2. The van der Waals surface area contributed by atoms with Gasteiger partial charge in [-0.15, -0.1) is 0 Å². The van der Waals surface area contributed by atoms with Crippen LogP contribution in [0.4, 0.5) is 0 Å². The Morgan fingerprint density at radius 2 is 1.90 bits per heavy atom. The van der Waals surface area contributed by atoms with Crippen LogP contribution in [0.15, 0.2) is 4.99 Å². The Balaban J connectivity index is 1.54. The first kappa shape index (κ1) is 14.7. The van der Waals surface area contributed by atoms with Crippen LogP contribution in [0.5, 0.6) is 0 Å². The summed E-state index contributed by atoms with van der Waals surface area (Å²) >= 11 is 2.00. The van der Waals surface area contributed by atoms with Crippen LogP contribution >= 0.6 is 11.8 Å². The van der Waals surface area contributed by atoms with Crippen molar-refractivity contribution in [2.75, 3.05) is 12.3 Å². The van der Waals surface area contributed by atoms with Gasteiger partial charge in [-0.25, -0.2) is 0 Å². The van der Waals surface area contributed by atoms with E-state index in [2.05, 4.69) is 19.2 Å². The molecule has 1 unspecified atom stereocenters. The minimum absolute atomic E-state index is 0.514. The van der Waals surface area contributed by atoms with Gasteiger partial charge in [-0.05, 0) is 42.9 Å². The van der Waals surface area contributed by atoms with Crippen LogP contribution in [-0.4, -0.2) is 23.5 Å². The van der Waals surface area contributed by atoms with Crippen LogP contribution < -0.4 is 5.32 Å². The summed E-state index contributed by atoms with van der Waals surface area (Å²) in [5.41, 5.74) is 1.07. The molecule has 1 aliphatic heterocycles. The van der Waals surface area contributed by atoms with Crippen molar-refractivity contribution in [3.8, 4) is 0 Å². The number of nitrogens with one attached hydrogen (secondary N) is 1. The molecule has 0 amide bonds. The number of thioether (sulfide) groups is 1. The molecule has 1 heterocycles. The minimum atomic E-state index is 0.514. The van der Waals surface area contributed by atoms with Gasteiger partial charge in [0, 0.05) is 18.3 Å². The maximum Gasteiger partial charge on any atom is 0.156 e. The number of hydrogen-bond donors (Lipinski definition) is 1. The molecule has 0 aromatic rings. The van der Waals surface area contributed by atoms with E-state index in [1.807, 2.05) is 11.8 Å². The fourth-order valence-electron chi connectivity index (χ4n) is 4.24. The second-order valence-electron chi connectivity index (χ2n) is 8.07. The number of rotatable bonds is 1. The summed E-state index contributed by atoms with van der Waals surface area (Å²) in [7, 11) is 0. The lowest BCUT2D eigenvalue weighted by Gasteiger charge is -2.40. The lowest BCUT2D eigenvalue weighted by atomic mass is 9.75. The normalized spacial score (nSPS) is 32.7. The van der Waals surface area contributed by atoms with Crippen molar-refractivity contribution in [2.45, 2.75) is 77.7 Å². The van der Waals surface area contributed by atoms with E-state index in [1.165, 1.54) is 68.7 Å². The maximum absolute atomic E-state index is 4.92. The predicted octanol–water partition coefficient (Wildman–Crippen LogP) is 4.60. The van der Waals surface area contributed by atoms with Crippen LogP contribution in [-0.2, 0) is 0 Å². The lowest BCUT2D eigenvalue weighted by Crippen LogP contribution is -2.43. The molecular formula is C17H30N2S. The van der Waals surface area contributed by atoms with Gasteiger partial charge in [0.1, 0.15) is 0 Å². The van der Waals surface area contributed by atoms with E-state index >= 15 is 0 Å². The molecule has 1 atom stereocenters. The number of amidine groups is 1. The number of aliphatic imine (C=N–C) groups is 1. The number of nitrogens with zero attached hydrogens (tertiary/aromatic N) is 1. The first-order valence-electron chi connectivity index (χ1n) is 8.51. The van der Waals surface area contributed by atoms with E-state index < -0.39 is 0 Å². The van der Waals surface area contributed by atoms with Gasteiger partial charge >= 0.3 is 0 Å². The second kappa shape index (κ2) is 5.90. The highest BCUT2D eigenvalue weighted by Gasteiger charge is 2.36. The molecule has 0 radical (unpaired) electrons.